The number of aromatic nitrogens is 2. The van der Waals surface area contributed by atoms with Gasteiger partial charge in [-0.25, -0.2) is 4.98 Å². The lowest BCUT2D eigenvalue weighted by molar-refractivity contribution is -0.0939. The van der Waals surface area contributed by atoms with Crippen molar-refractivity contribution in [1.82, 2.24) is 14.9 Å². The zero-order valence-electron chi connectivity index (χ0n) is 11.5. The van der Waals surface area contributed by atoms with E-state index in [4.69, 9.17) is 9.47 Å². The van der Waals surface area contributed by atoms with Crippen LogP contribution in [0.5, 0.6) is 0 Å². The van der Waals surface area contributed by atoms with Crippen LogP contribution in [0.25, 0.3) is 0 Å². The summed E-state index contributed by atoms with van der Waals surface area (Å²) in [7, 11) is 0. The van der Waals surface area contributed by atoms with Crippen LogP contribution in [0, 0.1) is 0 Å². The van der Waals surface area contributed by atoms with E-state index >= 15 is 0 Å². The molecule has 1 aromatic heterocycles. The molecule has 3 unspecified atom stereocenters. The van der Waals surface area contributed by atoms with E-state index in [0.717, 1.165) is 13.2 Å². The summed E-state index contributed by atoms with van der Waals surface area (Å²) in [5.74, 6) is 0. The van der Waals surface area contributed by atoms with Crippen LogP contribution in [-0.2, 0) is 16.0 Å². The van der Waals surface area contributed by atoms with Crippen molar-refractivity contribution in [3.8, 4) is 0 Å². The van der Waals surface area contributed by atoms with Crippen LogP contribution in [-0.4, -0.2) is 41.5 Å². The van der Waals surface area contributed by atoms with Crippen LogP contribution in [0.2, 0.25) is 0 Å². The van der Waals surface area contributed by atoms with Crippen LogP contribution in [0.15, 0.2) is 12.5 Å². The molecule has 106 valence electrons. The summed E-state index contributed by atoms with van der Waals surface area (Å²) in [5, 5.41) is 3.66. The molecule has 2 aliphatic heterocycles. The summed E-state index contributed by atoms with van der Waals surface area (Å²) in [6.07, 6.45) is 7.80. The first-order valence-corrected chi connectivity index (χ1v) is 7.28. The molecule has 3 rings (SSSR count). The van der Waals surface area contributed by atoms with E-state index in [1.54, 1.807) is 0 Å². The van der Waals surface area contributed by atoms with Crippen molar-refractivity contribution in [2.45, 2.75) is 50.9 Å². The van der Waals surface area contributed by atoms with E-state index in [1.807, 2.05) is 12.5 Å². The lowest BCUT2D eigenvalue weighted by Crippen LogP contribution is -2.37. The molecule has 19 heavy (non-hydrogen) atoms. The average molecular weight is 265 g/mol. The predicted molar refractivity (Wildman–Crippen MR) is 72.0 cm³/mol. The fourth-order valence-electron chi connectivity index (χ4n) is 3.01. The molecule has 0 radical (unpaired) electrons. The van der Waals surface area contributed by atoms with Crippen LogP contribution < -0.4 is 5.32 Å². The third-order valence-corrected chi connectivity index (χ3v) is 4.00. The van der Waals surface area contributed by atoms with E-state index in [9.17, 15) is 0 Å². The Morgan fingerprint density at radius 1 is 1.42 bits per heavy atom. The minimum Gasteiger partial charge on any atom is -0.376 e. The van der Waals surface area contributed by atoms with Crippen molar-refractivity contribution in [2.24, 2.45) is 0 Å². The number of hydrogen-bond donors (Lipinski definition) is 1. The van der Waals surface area contributed by atoms with E-state index in [0.29, 0.717) is 25.3 Å². The normalized spacial score (nSPS) is 32.4. The Morgan fingerprint density at radius 3 is 3.16 bits per heavy atom. The first kappa shape index (κ1) is 13.1. The van der Waals surface area contributed by atoms with Gasteiger partial charge in [0.2, 0.25) is 0 Å². The second kappa shape index (κ2) is 6.03. The van der Waals surface area contributed by atoms with Crippen LogP contribution in [0.4, 0.5) is 0 Å². The smallest absolute Gasteiger partial charge is 0.0988 e. The molecule has 3 heterocycles. The number of imidazole rings is 1. The summed E-state index contributed by atoms with van der Waals surface area (Å²) < 4.78 is 13.4. The van der Waals surface area contributed by atoms with Crippen molar-refractivity contribution < 1.29 is 9.47 Å². The Bertz CT molecular complexity index is 401. The van der Waals surface area contributed by atoms with Crippen molar-refractivity contribution in [2.75, 3.05) is 19.8 Å². The SMILES string of the molecule is CC1CCCC(c2cncn2CC2COCCO2)N1. The van der Waals surface area contributed by atoms with Gasteiger partial charge in [0.1, 0.15) is 0 Å². The minimum atomic E-state index is 0.155. The zero-order valence-corrected chi connectivity index (χ0v) is 11.5. The highest BCUT2D eigenvalue weighted by Crippen LogP contribution is 2.25. The summed E-state index contributed by atoms with van der Waals surface area (Å²) in [4.78, 5) is 4.31. The van der Waals surface area contributed by atoms with Crippen LogP contribution in [0.1, 0.15) is 37.9 Å². The quantitative estimate of drug-likeness (QED) is 0.900. The first-order valence-electron chi connectivity index (χ1n) is 7.28. The Balaban J connectivity index is 1.67. The summed E-state index contributed by atoms with van der Waals surface area (Å²) in [6.45, 7) is 5.20. The summed E-state index contributed by atoms with van der Waals surface area (Å²) in [5.41, 5.74) is 1.28. The zero-order chi connectivity index (χ0) is 13.1. The molecule has 0 aromatic carbocycles. The van der Waals surface area contributed by atoms with Crippen molar-refractivity contribution >= 4 is 0 Å². The average Bonchev–Trinajstić information content (AvgIpc) is 2.88. The number of hydrogen-bond acceptors (Lipinski definition) is 4. The summed E-state index contributed by atoms with van der Waals surface area (Å²) >= 11 is 0. The fourth-order valence-corrected chi connectivity index (χ4v) is 3.01. The molecule has 0 amide bonds. The lowest BCUT2D eigenvalue weighted by atomic mass is 9.97. The van der Waals surface area contributed by atoms with E-state index in [1.165, 1.54) is 25.0 Å². The number of nitrogens with zero attached hydrogens (tertiary/aromatic N) is 2. The van der Waals surface area contributed by atoms with Gasteiger partial charge in [-0.15, -0.1) is 0 Å². The molecule has 2 fully saturated rings. The molecule has 2 saturated heterocycles. The van der Waals surface area contributed by atoms with Crippen molar-refractivity contribution in [3.63, 3.8) is 0 Å². The number of rotatable bonds is 3. The lowest BCUT2D eigenvalue weighted by Gasteiger charge is -2.30. The van der Waals surface area contributed by atoms with E-state index < -0.39 is 0 Å². The Kier molecular flexibility index (Phi) is 4.15. The third kappa shape index (κ3) is 3.16. The van der Waals surface area contributed by atoms with Gasteiger partial charge < -0.3 is 19.4 Å². The van der Waals surface area contributed by atoms with Gasteiger partial charge in [-0.2, -0.15) is 0 Å². The Morgan fingerprint density at radius 2 is 2.37 bits per heavy atom. The molecule has 5 nitrogen and oxygen atoms in total. The van der Waals surface area contributed by atoms with Crippen LogP contribution in [0.3, 0.4) is 0 Å². The molecule has 1 aromatic rings. The molecule has 0 bridgehead atoms. The van der Waals surface area contributed by atoms with Gasteiger partial charge >= 0.3 is 0 Å². The monoisotopic (exact) mass is 265 g/mol. The maximum atomic E-state index is 5.72. The van der Waals surface area contributed by atoms with Gasteiger partial charge in [-0.05, 0) is 26.2 Å². The largest absolute Gasteiger partial charge is 0.376 e. The standard InChI is InChI=1S/C14H23N3O2/c1-11-3-2-4-13(16-11)14-7-15-10-17(14)8-12-9-18-5-6-19-12/h7,10-13,16H,2-6,8-9H2,1H3. The first-order chi connectivity index (χ1) is 9.33. The second-order valence-corrected chi connectivity index (χ2v) is 5.59. The topological polar surface area (TPSA) is 48.3 Å². The molecule has 0 saturated carbocycles. The van der Waals surface area contributed by atoms with Crippen LogP contribution >= 0.6 is 0 Å². The second-order valence-electron chi connectivity index (χ2n) is 5.59. The highest BCUT2D eigenvalue weighted by Gasteiger charge is 2.23. The molecular weight excluding hydrogens is 242 g/mol. The molecule has 3 atom stereocenters. The maximum absolute atomic E-state index is 5.72. The van der Waals surface area contributed by atoms with Gasteiger partial charge in [-0.1, -0.05) is 0 Å². The van der Waals surface area contributed by atoms with Gasteiger partial charge in [0, 0.05) is 18.3 Å². The summed E-state index contributed by atoms with van der Waals surface area (Å²) in [6, 6.07) is 1.02. The number of ether oxygens (including phenoxy) is 2. The molecule has 0 spiro atoms. The van der Waals surface area contributed by atoms with Gasteiger partial charge in [0.05, 0.1) is 44.5 Å². The maximum Gasteiger partial charge on any atom is 0.0988 e. The third-order valence-electron chi connectivity index (χ3n) is 4.00. The predicted octanol–water partition coefficient (Wildman–Crippen LogP) is 1.50. The fraction of sp³-hybridized carbons (Fsp3) is 0.786. The van der Waals surface area contributed by atoms with Crippen molar-refractivity contribution in [1.29, 1.82) is 0 Å². The molecule has 0 aliphatic carbocycles. The highest BCUT2D eigenvalue weighted by atomic mass is 16.6. The molecule has 1 N–H and O–H groups in total. The minimum absolute atomic E-state index is 0.155. The van der Waals surface area contributed by atoms with Gasteiger partial charge in [0.25, 0.3) is 0 Å². The Hall–Kier alpha value is -0.910. The van der Waals surface area contributed by atoms with E-state index in [-0.39, 0.29) is 6.10 Å². The molecular formula is C14H23N3O2. The number of piperidine rings is 1. The molecule has 5 heteroatoms. The van der Waals surface area contributed by atoms with E-state index in [2.05, 4.69) is 21.8 Å². The molecule has 2 aliphatic rings. The van der Waals surface area contributed by atoms with Gasteiger partial charge in [-0.3, -0.25) is 0 Å². The highest BCUT2D eigenvalue weighted by molar-refractivity contribution is 5.07. The number of nitrogens with one attached hydrogen (secondary N) is 1. The van der Waals surface area contributed by atoms with Crippen molar-refractivity contribution in [3.05, 3.63) is 18.2 Å². The Labute approximate surface area is 114 Å². The van der Waals surface area contributed by atoms with Gasteiger partial charge in [0.15, 0.2) is 0 Å².